The molecule has 3 heterocycles. The van der Waals surface area contributed by atoms with Gasteiger partial charge in [0.2, 0.25) is 10.0 Å². The first-order chi connectivity index (χ1) is 21.4. The van der Waals surface area contributed by atoms with Gasteiger partial charge in [0.25, 0.3) is 11.5 Å². The first-order valence-electron chi connectivity index (χ1n) is 14.1. The standard InChI is InChI=1S/C32H28F2N4O6S/c1-4-25-30(40)38(31(41)36-25)20-9-11-26(44-27-10-8-19(33)15-24(27)34)22(16-20)23-17-35-29(39)28-21(23)12-14-37(28)45(42,43)32(3)13-6-5-7-18(32)2/h5-12,14-17,25H,4,13H2,1-3H3,(H,35,39)(H,36,41)/t25-,32?/m0/s1. The minimum Gasteiger partial charge on any atom is -0.454 e. The minimum absolute atomic E-state index is 0.0236. The number of ether oxygens (including phenoxy) is 1. The zero-order valence-corrected chi connectivity index (χ0v) is 25.2. The van der Waals surface area contributed by atoms with Gasteiger partial charge >= 0.3 is 6.03 Å². The van der Waals surface area contributed by atoms with Gasteiger partial charge in [0, 0.05) is 35.0 Å². The van der Waals surface area contributed by atoms with E-state index in [9.17, 15) is 31.6 Å². The number of aromatic nitrogens is 2. The molecule has 0 saturated carbocycles. The van der Waals surface area contributed by atoms with E-state index in [1.54, 1.807) is 39.0 Å². The molecular formula is C32H28F2N4O6S. The highest BCUT2D eigenvalue weighted by Gasteiger charge is 2.43. The Labute approximate surface area is 256 Å². The summed E-state index contributed by atoms with van der Waals surface area (Å²) in [6.07, 6.45) is 8.43. The van der Waals surface area contributed by atoms with Crippen LogP contribution in [0.25, 0.3) is 22.0 Å². The van der Waals surface area contributed by atoms with Crippen molar-refractivity contribution in [2.75, 3.05) is 4.90 Å². The maximum absolute atomic E-state index is 14.7. The van der Waals surface area contributed by atoms with Crippen molar-refractivity contribution in [1.82, 2.24) is 14.3 Å². The van der Waals surface area contributed by atoms with E-state index in [2.05, 4.69) is 10.3 Å². The number of benzene rings is 2. The van der Waals surface area contributed by atoms with E-state index in [0.29, 0.717) is 18.1 Å². The Morgan fingerprint density at radius 3 is 2.49 bits per heavy atom. The van der Waals surface area contributed by atoms with E-state index in [0.717, 1.165) is 21.0 Å². The lowest BCUT2D eigenvalue weighted by molar-refractivity contribution is -0.118. The molecule has 2 aromatic carbocycles. The number of hydrogen-bond donors (Lipinski definition) is 2. The largest absolute Gasteiger partial charge is 0.454 e. The van der Waals surface area contributed by atoms with Crippen LogP contribution in [0.2, 0.25) is 0 Å². The molecular weight excluding hydrogens is 606 g/mol. The number of pyridine rings is 1. The van der Waals surface area contributed by atoms with E-state index in [1.165, 1.54) is 36.7 Å². The van der Waals surface area contributed by atoms with Crippen LogP contribution < -0.4 is 20.5 Å². The number of nitrogens with one attached hydrogen (secondary N) is 2. The van der Waals surface area contributed by atoms with Gasteiger partial charge in [-0.05, 0) is 63.1 Å². The maximum atomic E-state index is 14.7. The number of amides is 3. The van der Waals surface area contributed by atoms with Crippen LogP contribution in [0.15, 0.2) is 83.5 Å². The van der Waals surface area contributed by atoms with Crippen molar-refractivity contribution >= 4 is 38.6 Å². The van der Waals surface area contributed by atoms with E-state index in [4.69, 9.17) is 4.74 Å². The lowest BCUT2D eigenvalue weighted by Crippen LogP contribution is -2.41. The predicted octanol–water partition coefficient (Wildman–Crippen LogP) is 5.74. The highest BCUT2D eigenvalue weighted by atomic mass is 32.2. The van der Waals surface area contributed by atoms with Crippen molar-refractivity contribution in [2.45, 2.75) is 44.4 Å². The molecule has 3 amide bonds. The molecule has 1 unspecified atom stereocenters. The third kappa shape index (κ3) is 4.74. The molecule has 2 N–H and O–H groups in total. The molecule has 1 aliphatic heterocycles. The smallest absolute Gasteiger partial charge is 0.329 e. The number of imide groups is 1. The van der Waals surface area contributed by atoms with Gasteiger partial charge in [-0.3, -0.25) is 9.59 Å². The fourth-order valence-electron chi connectivity index (χ4n) is 5.61. The highest BCUT2D eigenvalue weighted by Crippen LogP contribution is 2.42. The molecule has 0 spiro atoms. The van der Waals surface area contributed by atoms with Gasteiger partial charge in [0.05, 0.1) is 5.69 Å². The number of urea groups is 1. The van der Waals surface area contributed by atoms with Crippen LogP contribution >= 0.6 is 0 Å². The maximum Gasteiger partial charge on any atom is 0.329 e. The third-order valence-electron chi connectivity index (χ3n) is 8.41. The van der Waals surface area contributed by atoms with Gasteiger partial charge in [-0.25, -0.2) is 30.9 Å². The summed E-state index contributed by atoms with van der Waals surface area (Å²) in [5, 5.41) is 2.83. The normalized spacial score (nSPS) is 20.1. The van der Waals surface area contributed by atoms with Crippen molar-refractivity contribution in [3.8, 4) is 22.6 Å². The van der Waals surface area contributed by atoms with Crippen LogP contribution in [0, 0.1) is 11.6 Å². The number of carbonyl (C=O) groups is 2. The van der Waals surface area contributed by atoms with Crippen molar-refractivity contribution < 1.29 is 31.5 Å². The van der Waals surface area contributed by atoms with Crippen molar-refractivity contribution in [3.05, 3.63) is 101 Å². The van der Waals surface area contributed by atoms with E-state index < -0.39 is 49.9 Å². The number of halogens is 2. The number of hydrogen-bond acceptors (Lipinski definition) is 6. The number of nitrogens with zero attached hydrogens (tertiary/aromatic N) is 2. The molecule has 45 heavy (non-hydrogen) atoms. The van der Waals surface area contributed by atoms with Crippen LogP contribution in [0.3, 0.4) is 0 Å². The first kappa shape index (κ1) is 30.0. The molecule has 1 saturated heterocycles. The Bertz CT molecular complexity index is 2130. The Kier molecular flexibility index (Phi) is 7.23. The lowest BCUT2D eigenvalue weighted by Gasteiger charge is -2.31. The number of rotatable bonds is 7. The molecule has 1 aliphatic carbocycles. The Morgan fingerprint density at radius 1 is 1.04 bits per heavy atom. The minimum atomic E-state index is -4.17. The van der Waals surface area contributed by atoms with Crippen LogP contribution in [-0.2, 0) is 14.8 Å². The molecule has 4 aromatic rings. The number of carbonyl (C=O) groups excluding carboxylic acids is 2. The Balaban J connectivity index is 1.56. The highest BCUT2D eigenvalue weighted by molar-refractivity contribution is 7.91. The summed E-state index contributed by atoms with van der Waals surface area (Å²) in [6, 6.07) is 7.16. The van der Waals surface area contributed by atoms with Crippen LogP contribution in [0.1, 0.15) is 33.6 Å². The van der Waals surface area contributed by atoms with E-state index in [1.807, 2.05) is 0 Å². The zero-order valence-electron chi connectivity index (χ0n) is 24.4. The number of aromatic amines is 1. The summed E-state index contributed by atoms with van der Waals surface area (Å²) in [7, 11) is -4.17. The molecule has 2 aromatic heterocycles. The molecule has 2 atom stereocenters. The quantitative estimate of drug-likeness (QED) is 0.249. The van der Waals surface area contributed by atoms with Crippen molar-refractivity contribution in [1.29, 1.82) is 0 Å². The summed E-state index contributed by atoms with van der Waals surface area (Å²) < 4.78 is 61.9. The molecule has 13 heteroatoms. The second-order valence-electron chi connectivity index (χ2n) is 11.1. The van der Waals surface area contributed by atoms with E-state index in [-0.39, 0.29) is 45.6 Å². The number of anilines is 1. The van der Waals surface area contributed by atoms with Crippen LogP contribution in [0.4, 0.5) is 19.3 Å². The van der Waals surface area contributed by atoms with Gasteiger partial charge in [-0.1, -0.05) is 30.7 Å². The zero-order chi connectivity index (χ0) is 32.3. The molecule has 0 bridgehead atoms. The fourth-order valence-corrected chi connectivity index (χ4v) is 7.47. The second kappa shape index (κ2) is 10.8. The summed E-state index contributed by atoms with van der Waals surface area (Å²) in [4.78, 5) is 42.6. The lowest BCUT2D eigenvalue weighted by atomic mass is 9.94. The molecule has 1 fully saturated rings. The summed E-state index contributed by atoms with van der Waals surface area (Å²) >= 11 is 0. The van der Waals surface area contributed by atoms with Gasteiger partial charge in [-0.2, -0.15) is 0 Å². The predicted molar refractivity (Wildman–Crippen MR) is 165 cm³/mol. The molecule has 0 radical (unpaired) electrons. The Morgan fingerprint density at radius 2 is 1.80 bits per heavy atom. The fraction of sp³-hybridized carbons (Fsp3) is 0.219. The van der Waals surface area contributed by atoms with Crippen LogP contribution in [0.5, 0.6) is 11.5 Å². The average molecular weight is 635 g/mol. The summed E-state index contributed by atoms with van der Waals surface area (Å²) in [5.41, 5.74) is 0.365. The van der Waals surface area contributed by atoms with Gasteiger partial charge in [0.1, 0.15) is 27.9 Å². The number of fused-ring (bicyclic) bond motifs is 1. The first-order valence-corrected chi connectivity index (χ1v) is 15.5. The van der Waals surface area contributed by atoms with E-state index >= 15 is 0 Å². The Hall–Kier alpha value is -5.04. The molecule has 10 nitrogen and oxygen atoms in total. The van der Waals surface area contributed by atoms with Gasteiger partial charge < -0.3 is 15.0 Å². The topological polar surface area (TPSA) is 131 Å². The number of H-pyrrole nitrogens is 1. The van der Waals surface area contributed by atoms with Crippen molar-refractivity contribution in [3.63, 3.8) is 0 Å². The van der Waals surface area contributed by atoms with Gasteiger partial charge in [0.15, 0.2) is 11.6 Å². The molecule has 232 valence electrons. The summed E-state index contributed by atoms with van der Waals surface area (Å²) in [6.45, 7) is 5.06. The van der Waals surface area contributed by atoms with Gasteiger partial charge in [-0.15, -0.1) is 0 Å². The van der Waals surface area contributed by atoms with Crippen molar-refractivity contribution in [2.24, 2.45) is 0 Å². The average Bonchev–Trinajstić information content (AvgIpc) is 3.58. The summed E-state index contributed by atoms with van der Waals surface area (Å²) in [5.74, 6) is -2.56. The monoisotopic (exact) mass is 634 g/mol. The number of allylic oxidation sites excluding steroid dienone is 3. The molecule has 2 aliphatic rings. The third-order valence-corrected chi connectivity index (χ3v) is 10.9. The SMILES string of the molecule is CC[C@@H]1NC(=O)N(c2ccc(Oc3ccc(F)cc3F)c(-c3c[nH]c(=O)c4c3ccn4S(=O)(=O)C3(C)CC=CC=C3C)c2)C1=O. The van der Waals surface area contributed by atoms with Crippen LogP contribution in [-0.4, -0.2) is 40.1 Å². The second-order valence-corrected chi connectivity index (χ2v) is 13.3. The molecule has 6 rings (SSSR count).